The number of rotatable bonds is 3. The Morgan fingerprint density at radius 2 is 1.32 bits per heavy atom. The van der Waals surface area contributed by atoms with E-state index in [2.05, 4.69) is 0 Å². The van der Waals surface area contributed by atoms with Gasteiger partial charge in [0.15, 0.2) is 17.3 Å². The number of carbonyl (C=O) groups is 3. The molecule has 3 nitrogen and oxygen atoms in total. The van der Waals surface area contributed by atoms with Crippen molar-refractivity contribution in [3.05, 3.63) is 59.4 Å². The molecule has 0 saturated heterocycles. The molecule has 0 aromatic heterocycles. The summed E-state index contributed by atoms with van der Waals surface area (Å²) >= 11 is 0. The summed E-state index contributed by atoms with van der Waals surface area (Å²) in [5.41, 5.74) is 0.892. The van der Waals surface area contributed by atoms with Gasteiger partial charge in [-0.15, -0.1) is 0 Å². The van der Waals surface area contributed by atoms with Gasteiger partial charge in [0.05, 0.1) is 10.8 Å². The van der Waals surface area contributed by atoms with Gasteiger partial charge in [-0.25, -0.2) is 4.39 Å². The van der Waals surface area contributed by atoms with Gasteiger partial charge in [-0.3, -0.25) is 14.4 Å². The number of aryl methyl sites for hydroxylation is 1. The minimum absolute atomic E-state index is 0.302. The van der Waals surface area contributed by atoms with Crippen molar-refractivity contribution in [3.8, 4) is 11.1 Å². The van der Waals surface area contributed by atoms with Crippen molar-refractivity contribution in [3.63, 3.8) is 0 Å². The molecule has 1 aliphatic carbocycles. The topological polar surface area (TPSA) is 51.2 Å². The molecule has 2 aromatic rings. The quantitative estimate of drug-likeness (QED) is 0.711. The van der Waals surface area contributed by atoms with Crippen LogP contribution in [-0.4, -0.2) is 17.3 Å². The monoisotopic (exact) mass is 380 g/mol. The average molecular weight is 380 g/mol. The van der Waals surface area contributed by atoms with Gasteiger partial charge >= 0.3 is 0 Å². The molecular weight excluding hydrogens is 355 g/mol. The molecule has 2 aromatic carbocycles. The van der Waals surface area contributed by atoms with Crippen molar-refractivity contribution < 1.29 is 18.8 Å². The molecule has 4 heteroatoms. The molecule has 0 amide bonds. The highest BCUT2D eigenvalue weighted by Gasteiger charge is 2.58. The van der Waals surface area contributed by atoms with Crippen molar-refractivity contribution >= 4 is 17.3 Å². The second-order valence-corrected chi connectivity index (χ2v) is 8.51. The third-order valence-electron chi connectivity index (χ3n) is 5.90. The van der Waals surface area contributed by atoms with Crippen molar-refractivity contribution in [1.29, 1.82) is 0 Å². The first-order valence-electron chi connectivity index (χ1n) is 9.54. The maximum absolute atomic E-state index is 13.2. The number of ketones is 3. The molecule has 0 spiro atoms. The molecule has 0 heterocycles. The molecule has 1 aliphatic rings. The lowest BCUT2D eigenvalue weighted by Crippen LogP contribution is -2.56. The number of Topliss-reactive ketones (excluding diaryl/α,β-unsaturated/α-hetero) is 3. The van der Waals surface area contributed by atoms with E-state index in [1.54, 1.807) is 45.9 Å². The molecule has 28 heavy (non-hydrogen) atoms. The SMILES string of the molecule is CCc1cc(-c2ccc(F)cc2)ccc1C1C(=O)C(C)(C)C(=O)C(C)(C)C1=O. The lowest BCUT2D eigenvalue weighted by atomic mass is 9.57. The van der Waals surface area contributed by atoms with Crippen LogP contribution in [0.2, 0.25) is 0 Å². The average Bonchev–Trinajstić information content (AvgIpc) is 2.67. The van der Waals surface area contributed by atoms with Crippen LogP contribution in [0.1, 0.15) is 51.7 Å². The zero-order valence-corrected chi connectivity index (χ0v) is 16.9. The maximum atomic E-state index is 13.2. The number of halogens is 1. The zero-order chi connectivity index (χ0) is 20.9. The lowest BCUT2D eigenvalue weighted by Gasteiger charge is -2.41. The van der Waals surface area contributed by atoms with E-state index in [4.69, 9.17) is 0 Å². The van der Waals surface area contributed by atoms with E-state index in [1.807, 2.05) is 19.1 Å². The first-order valence-corrected chi connectivity index (χ1v) is 9.54. The van der Waals surface area contributed by atoms with E-state index >= 15 is 0 Å². The predicted octanol–water partition coefficient (Wildman–Crippen LogP) is 4.91. The molecule has 0 N–H and O–H groups in total. The second-order valence-electron chi connectivity index (χ2n) is 8.51. The van der Waals surface area contributed by atoms with E-state index < -0.39 is 16.7 Å². The van der Waals surface area contributed by atoms with E-state index in [0.717, 1.165) is 16.7 Å². The van der Waals surface area contributed by atoms with Gasteiger partial charge in [0, 0.05) is 0 Å². The van der Waals surface area contributed by atoms with Crippen LogP contribution in [0.25, 0.3) is 11.1 Å². The highest BCUT2D eigenvalue weighted by Crippen LogP contribution is 2.45. The zero-order valence-electron chi connectivity index (χ0n) is 16.9. The minimum Gasteiger partial charge on any atom is -0.298 e. The van der Waals surface area contributed by atoms with Gasteiger partial charge < -0.3 is 0 Å². The summed E-state index contributed by atoms with van der Waals surface area (Å²) in [5.74, 6) is -2.26. The van der Waals surface area contributed by atoms with E-state index in [1.165, 1.54) is 12.1 Å². The van der Waals surface area contributed by atoms with Gasteiger partial charge in [-0.1, -0.05) is 37.3 Å². The summed E-state index contributed by atoms with van der Waals surface area (Å²) in [7, 11) is 0. The highest BCUT2D eigenvalue weighted by molar-refractivity contribution is 6.30. The van der Waals surface area contributed by atoms with Crippen molar-refractivity contribution in [1.82, 2.24) is 0 Å². The normalized spacial score (nSPS) is 19.1. The van der Waals surface area contributed by atoms with Crippen LogP contribution in [0.15, 0.2) is 42.5 Å². The molecule has 0 unspecified atom stereocenters. The van der Waals surface area contributed by atoms with Gasteiger partial charge in [-0.05, 0) is 68.5 Å². The molecule has 1 fully saturated rings. The van der Waals surface area contributed by atoms with E-state index in [9.17, 15) is 18.8 Å². The molecule has 3 rings (SSSR count). The van der Waals surface area contributed by atoms with Crippen LogP contribution >= 0.6 is 0 Å². The molecule has 0 atom stereocenters. The molecule has 146 valence electrons. The van der Waals surface area contributed by atoms with Crippen LogP contribution in [-0.2, 0) is 20.8 Å². The van der Waals surface area contributed by atoms with Crippen LogP contribution in [0.4, 0.5) is 4.39 Å². The fraction of sp³-hybridized carbons (Fsp3) is 0.375. The highest BCUT2D eigenvalue weighted by atomic mass is 19.1. The third-order valence-corrected chi connectivity index (χ3v) is 5.90. The van der Waals surface area contributed by atoms with Crippen LogP contribution in [0.5, 0.6) is 0 Å². The van der Waals surface area contributed by atoms with Gasteiger partial charge in [-0.2, -0.15) is 0 Å². The standard InChI is InChI=1S/C24H25FO3/c1-6-14-13-16(15-7-10-17(25)11-8-15)9-12-18(14)19-20(26)23(2,3)22(28)24(4,5)21(19)27/h7-13,19H,6H2,1-5H3. The number of hydrogen-bond donors (Lipinski definition) is 0. The Morgan fingerprint density at radius 3 is 1.82 bits per heavy atom. The first kappa shape index (κ1) is 20.1. The fourth-order valence-corrected chi connectivity index (χ4v) is 4.14. The fourth-order valence-electron chi connectivity index (χ4n) is 4.14. The summed E-state index contributed by atoms with van der Waals surface area (Å²) in [6, 6.07) is 11.8. The molecule has 0 radical (unpaired) electrons. The molecule has 1 saturated carbocycles. The number of carbonyl (C=O) groups excluding carboxylic acids is 3. The molecular formula is C24H25FO3. The maximum Gasteiger partial charge on any atom is 0.160 e. The summed E-state index contributed by atoms with van der Waals surface area (Å²) in [6.07, 6.45) is 0.635. The van der Waals surface area contributed by atoms with Crippen molar-refractivity contribution in [2.75, 3.05) is 0 Å². The van der Waals surface area contributed by atoms with Crippen molar-refractivity contribution in [2.24, 2.45) is 10.8 Å². The Bertz CT molecular complexity index is 938. The summed E-state index contributed by atoms with van der Waals surface area (Å²) in [5, 5.41) is 0. The first-order chi connectivity index (χ1) is 13.0. The smallest absolute Gasteiger partial charge is 0.160 e. The predicted molar refractivity (Wildman–Crippen MR) is 107 cm³/mol. The molecule has 0 aliphatic heterocycles. The van der Waals surface area contributed by atoms with Crippen LogP contribution in [0, 0.1) is 16.6 Å². The van der Waals surface area contributed by atoms with Gasteiger partial charge in [0.25, 0.3) is 0 Å². The number of benzene rings is 2. The largest absolute Gasteiger partial charge is 0.298 e. The van der Waals surface area contributed by atoms with Crippen molar-refractivity contribution in [2.45, 2.75) is 47.0 Å². The summed E-state index contributed by atoms with van der Waals surface area (Å²) < 4.78 is 13.2. The Labute approximate surface area is 165 Å². The van der Waals surface area contributed by atoms with E-state index in [0.29, 0.717) is 12.0 Å². The van der Waals surface area contributed by atoms with E-state index in [-0.39, 0.29) is 23.2 Å². The lowest BCUT2D eigenvalue weighted by molar-refractivity contribution is -0.157. The second kappa shape index (κ2) is 6.77. The Morgan fingerprint density at radius 1 is 0.821 bits per heavy atom. The Hall–Kier alpha value is -2.62. The Balaban J connectivity index is 2.12. The van der Waals surface area contributed by atoms with Gasteiger partial charge in [0.1, 0.15) is 11.7 Å². The third kappa shape index (κ3) is 3.01. The number of hydrogen-bond acceptors (Lipinski definition) is 3. The van der Waals surface area contributed by atoms with Crippen LogP contribution in [0.3, 0.4) is 0 Å². The molecule has 0 bridgehead atoms. The van der Waals surface area contributed by atoms with Gasteiger partial charge in [0.2, 0.25) is 0 Å². The summed E-state index contributed by atoms with van der Waals surface area (Å²) in [4.78, 5) is 39.0. The Kier molecular flexibility index (Phi) is 4.86. The van der Waals surface area contributed by atoms with Crippen LogP contribution < -0.4 is 0 Å². The minimum atomic E-state index is -1.21. The summed E-state index contributed by atoms with van der Waals surface area (Å²) in [6.45, 7) is 8.40.